The molecule has 0 heterocycles. The molecule has 3 aromatic carbocycles. The van der Waals surface area contributed by atoms with Crippen LogP contribution in [0.15, 0.2) is 84.9 Å². The molecule has 1 N–H and O–H groups in total. The second kappa shape index (κ2) is 10.8. The van der Waals surface area contributed by atoms with Gasteiger partial charge in [-0.1, -0.05) is 110 Å². The van der Waals surface area contributed by atoms with Crippen molar-refractivity contribution in [3.8, 4) is 0 Å². The molecule has 0 radical (unpaired) electrons. The number of carbonyl (C=O) groups excluding carboxylic acids is 2. The van der Waals surface area contributed by atoms with Crippen molar-refractivity contribution in [3.63, 3.8) is 0 Å². The molecule has 1 amide bonds. The van der Waals surface area contributed by atoms with Crippen molar-refractivity contribution in [2.75, 3.05) is 0 Å². The molecule has 1 unspecified atom stereocenters. The number of benzene rings is 3. The van der Waals surface area contributed by atoms with Gasteiger partial charge in [0.25, 0.3) is 0 Å². The van der Waals surface area contributed by atoms with Crippen LogP contribution in [0.4, 0.5) is 4.79 Å². The molecule has 0 aliphatic rings. The van der Waals surface area contributed by atoms with E-state index in [0.717, 1.165) is 11.1 Å². The van der Waals surface area contributed by atoms with Crippen LogP contribution in [0.5, 0.6) is 0 Å². The molecule has 5 nitrogen and oxygen atoms in total. The number of esters is 1. The number of ether oxygens (including phenoxy) is 2. The van der Waals surface area contributed by atoms with E-state index in [0.29, 0.717) is 5.56 Å². The van der Waals surface area contributed by atoms with Gasteiger partial charge in [0.05, 0.1) is 8.07 Å². The number of amides is 1. The Morgan fingerprint density at radius 1 is 0.750 bits per heavy atom. The molecule has 0 aromatic heterocycles. The molecule has 3 rings (SSSR count). The van der Waals surface area contributed by atoms with E-state index in [2.05, 4.69) is 25.0 Å². The molecule has 0 fully saturated rings. The summed E-state index contributed by atoms with van der Waals surface area (Å²) in [6.45, 7) is 7.02. The molecule has 0 bridgehead atoms. The molecule has 0 aliphatic carbocycles. The Morgan fingerprint density at radius 2 is 1.25 bits per heavy atom. The monoisotopic (exact) mass is 447 g/mol. The standard InChI is InChI=1S/C26H29NO4Si/c1-32(2,3)23-16-14-22(15-17-23)24(25(28)30-18-20-10-6-4-7-11-20)27-26(29)31-19-21-12-8-5-9-13-21/h4-17,24H,18-19H2,1-3H3,(H,27,29). The summed E-state index contributed by atoms with van der Waals surface area (Å²) < 4.78 is 10.8. The first kappa shape index (κ1) is 23.3. The zero-order chi connectivity index (χ0) is 23.0. The van der Waals surface area contributed by atoms with Gasteiger partial charge in [-0.15, -0.1) is 0 Å². The van der Waals surface area contributed by atoms with Crippen LogP contribution in [0.1, 0.15) is 22.7 Å². The van der Waals surface area contributed by atoms with Gasteiger partial charge in [0.2, 0.25) is 0 Å². The fourth-order valence-corrected chi connectivity index (χ4v) is 4.32. The maximum Gasteiger partial charge on any atom is 0.408 e. The summed E-state index contributed by atoms with van der Waals surface area (Å²) in [6.07, 6.45) is -0.676. The summed E-state index contributed by atoms with van der Waals surface area (Å²) in [6, 6.07) is 25.7. The maximum absolute atomic E-state index is 12.9. The van der Waals surface area contributed by atoms with E-state index >= 15 is 0 Å². The molecule has 0 saturated heterocycles. The van der Waals surface area contributed by atoms with Gasteiger partial charge in [-0.3, -0.25) is 0 Å². The molecular formula is C26H29NO4Si. The summed E-state index contributed by atoms with van der Waals surface area (Å²) in [7, 11) is -1.49. The smallest absolute Gasteiger partial charge is 0.408 e. The summed E-state index contributed by atoms with van der Waals surface area (Å²) in [5.41, 5.74) is 2.40. The Morgan fingerprint density at radius 3 is 1.75 bits per heavy atom. The lowest BCUT2D eigenvalue weighted by Crippen LogP contribution is -2.38. The minimum atomic E-state index is -1.49. The lowest BCUT2D eigenvalue weighted by atomic mass is 10.1. The van der Waals surface area contributed by atoms with Crippen LogP contribution in [0.25, 0.3) is 0 Å². The van der Waals surface area contributed by atoms with Crippen LogP contribution >= 0.6 is 0 Å². The Labute approximate surface area is 190 Å². The number of hydrogen-bond acceptors (Lipinski definition) is 4. The van der Waals surface area contributed by atoms with E-state index in [1.807, 2.05) is 84.9 Å². The summed E-state index contributed by atoms with van der Waals surface area (Å²) >= 11 is 0. The van der Waals surface area contributed by atoms with Crippen LogP contribution in [-0.4, -0.2) is 20.1 Å². The second-order valence-electron chi connectivity index (χ2n) is 8.60. The highest BCUT2D eigenvalue weighted by molar-refractivity contribution is 6.88. The van der Waals surface area contributed by atoms with E-state index in [-0.39, 0.29) is 13.2 Å². The Bertz CT molecular complexity index is 1020. The molecule has 1 atom stereocenters. The van der Waals surface area contributed by atoms with Crippen LogP contribution in [0, 0.1) is 0 Å². The van der Waals surface area contributed by atoms with Crippen LogP contribution < -0.4 is 10.5 Å². The average molecular weight is 448 g/mol. The third-order valence-corrected chi connectivity index (χ3v) is 7.11. The third-order valence-electron chi connectivity index (χ3n) is 5.04. The van der Waals surface area contributed by atoms with Gasteiger partial charge < -0.3 is 14.8 Å². The highest BCUT2D eigenvalue weighted by Crippen LogP contribution is 2.17. The quantitative estimate of drug-likeness (QED) is 0.392. The summed E-state index contributed by atoms with van der Waals surface area (Å²) in [4.78, 5) is 25.4. The third kappa shape index (κ3) is 6.82. The van der Waals surface area contributed by atoms with Crippen molar-refractivity contribution >= 4 is 25.3 Å². The lowest BCUT2D eigenvalue weighted by molar-refractivity contribution is -0.147. The fourth-order valence-electron chi connectivity index (χ4n) is 3.15. The number of carbonyl (C=O) groups is 2. The molecule has 32 heavy (non-hydrogen) atoms. The van der Waals surface area contributed by atoms with Gasteiger partial charge in [-0.25, -0.2) is 9.59 Å². The number of rotatable bonds is 8. The van der Waals surface area contributed by atoms with Gasteiger partial charge in [0.15, 0.2) is 6.04 Å². The highest BCUT2D eigenvalue weighted by Gasteiger charge is 2.26. The lowest BCUT2D eigenvalue weighted by Gasteiger charge is -2.20. The van der Waals surface area contributed by atoms with Crippen LogP contribution in [0.3, 0.4) is 0 Å². The molecule has 166 valence electrons. The average Bonchev–Trinajstić information content (AvgIpc) is 2.80. The first-order valence-corrected chi connectivity index (χ1v) is 14.1. The first-order chi connectivity index (χ1) is 15.3. The highest BCUT2D eigenvalue weighted by atomic mass is 28.3. The van der Waals surface area contributed by atoms with Gasteiger partial charge in [0.1, 0.15) is 13.2 Å². The molecule has 0 spiro atoms. The summed E-state index contributed by atoms with van der Waals surface area (Å²) in [5.74, 6) is -0.536. The predicted molar refractivity (Wildman–Crippen MR) is 128 cm³/mol. The van der Waals surface area contributed by atoms with Gasteiger partial charge >= 0.3 is 12.1 Å². The van der Waals surface area contributed by atoms with E-state index in [1.54, 1.807) is 0 Å². The van der Waals surface area contributed by atoms with Crippen molar-refractivity contribution in [1.82, 2.24) is 5.32 Å². The molecule has 3 aromatic rings. The zero-order valence-electron chi connectivity index (χ0n) is 18.7. The van der Waals surface area contributed by atoms with Crippen molar-refractivity contribution in [1.29, 1.82) is 0 Å². The van der Waals surface area contributed by atoms with E-state index < -0.39 is 26.2 Å². The normalized spacial score (nSPS) is 12.0. The predicted octanol–water partition coefficient (Wildman–Crippen LogP) is 4.94. The van der Waals surface area contributed by atoms with Gasteiger partial charge in [-0.05, 0) is 16.7 Å². The molecule has 0 saturated carbocycles. The number of alkyl carbamates (subject to hydrolysis) is 1. The Balaban J connectivity index is 1.72. The largest absolute Gasteiger partial charge is 0.459 e. The zero-order valence-corrected chi connectivity index (χ0v) is 19.7. The molecule has 0 aliphatic heterocycles. The Hall–Kier alpha value is -3.38. The van der Waals surface area contributed by atoms with Gasteiger partial charge in [-0.2, -0.15) is 0 Å². The van der Waals surface area contributed by atoms with E-state index in [4.69, 9.17) is 9.47 Å². The summed E-state index contributed by atoms with van der Waals surface area (Å²) in [5, 5.41) is 3.94. The number of nitrogens with one attached hydrogen (secondary N) is 1. The van der Waals surface area contributed by atoms with Crippen molar-refractivity contribution in [3.05, 3.63) is 102 Å². The van der Waals surface area contributed by atoms with Crippen LogP contribution in [-0.2, 0) is 27.5 Å². The first-order valence-electron chi connectivity index (χ1n) is 10.6. The van der Waals surface area contributed by atoms with E-state index in [1.165, 1.54) is 5.19 Å². The van der Waals surface area contributed by atoms with Crippen molar-refractivity contribution in [2.24, 2.45) is 0 Å². The fraction of sp³-hybridized carbons (Fsp3) is 0.231. The number of hydrogen-bond donors (Lipinski definition) is 1. The van der Waals surface area contributed by atoms with E-state index in [9.17, 15) is 9.59 Å². The van der Waals surface area contributed by atoms with Gasteiger partial charge in [0, 0.05) is 0 Å². The molecular weight excluding hydrogens is 418 g/mol. The topological polar surface area (TPSA) is 64.6 Å². The maximum atomic E-state index is 12.9. The SMILES string of the molecule is C[Si](C)(C)c1ccc(C(NC(=O)OCc2ccccc2)C(=O)OCc2ccccc2)cc1. The van der Waals surface area contributed by atoms with Crippen molar-refractivity contribution in [2.45, 2.75) is 38.9 Å². The minimum Gasteiger partial charge on any atom is -0.459 e. The Kier molecular flexibility index (Phi) is 7.84. The molecule has 6 heteroatoms. The van der Waals surface area contributed by atoms with Crippen molar-refractivity contribution < 1.29 is 19.1 Å². The second-order valence-corrected chi connectivity index (χ2v) is 13.7. The van der Waals surface area contributed by atoms with Crippen LogP contribution in [0.2, 0.25) is 19.6 Å². The minimum absolute atomic E-state index is 0.118.